The highest BCUT2D eigenvalue weighted by molar-refractivity contribution is 6.31. The second kappa shape index (κ2) is 6.98. The SMILES string of the molecule is CC(=O)NNC(=O)CN[C@H](C)c1ccccc1Cl. The van der Waals surface area contributed by atoms with Crippen LogP contribution >= 0.6 is 11.6 Å². The van der Waals surface area contributed by atoms with Gasteiger partial charge in [-0.3, -0.25) is 20.4 Å². The van der Waals surface area contributed by atoms with E-state index >= 15 is 0 Å². The van der Waals surface area contributed by atoms with Gasteiger partial charge in [-0.15, -0.1) is 0 Å². The van der Waals surface area contributed by atoms with Crippen LogP contribution in [-0.2, 0) is 9.59 Å². The summed E-state index contributed by atoms with van der Waals surface area (Å²) in [6.07, 6.45) is 0. The molecular weight excluding hydrogens is 254 g/mol. The van der Waals surface area contributed by atoms with Crippen molar-refractivity contribution >= 4 is 23.4 Å². The normalized spacial score (nSPS) is 11.7. The fraction of sp³-hybridized carbons (Fsp3) is 0.333. The third-order valence-corrected chi connectivity index (χ3v) is 2.66. The molecule has 0 saturated heterocycles. The molecule has 0 unspecified atom stereocenters. The fourth-order valence-electron chi connectivity index (χ4n) is 1.38. The fourth-order valence-corrected chi connectivity index (χ4v) is 1.68. The third-order valence-electron chi connectivity index (χ3n) is 2.32. The summed E-state index contributed by atoms with van der Waals surface area (Å²) in [5.41, 5.74) is 5.41. The average molecular weight is 270 g/mol. The van der Waals surface area contributed by atoms with E-state index in [0.717, 1.165) is 5.56 Å². The van der Waals surface area contributed by atoms with Gasteiger partial charge in [0.2, 0.25) is 5.91 Å². The van der Waals surface area contributed by atoms with Gasteiger partial charge >= 0.3 is 0 Å². The Bertz CT molecular complexity index is 437. The molecule has 0 aliphatic heterocycles. The monoisotopic (exact) mass is 269 g/mol. The molecule has 0 saturated carbocycles. The van der Waals surface area contributed by atoms with Gasteiger partial charge in [-0.25, -0.2) is 0 Å². The number of amides is 2. The first-order chi connectivity index (χ1) is 8.50. The molecule has 0 bridgehead atoms. The summed E-state index contributed by atoms with van der Waals surface area (Å²) in [5, 5.41) is 3.67. The van der Waals surface area contributed by atoms with Crippen LogP contribution in [0.4, 0.5) is 0 Å². The molecule has 0 aliphatic rings. The van der Waals surface area contributed by atoms with Crippen molar-refractivity contribution in [1.82, 2.24) is 16.2 Å². The zero-order valence-electron chi connectivity index (χ0n) is 10.3. The number of benzene rings is 1. The van der Waals surface area contributed by atoms with E-state index in [-0.39, 0.29) is 24.4 Å². The van der Waals surface area contributed by atoms with E-state index in [1.54, 1.807) is 6.07 Å². The Labute approximate surface area is 111 Å². The summed E-state index contributed by atoms with van der Waals surface area (Å²) in [5.74, 6) is -0.633. The van der Waals surface area contributed by atoms with Gasteiger partial charge < -0.3 is 5.32 Å². The zero-order chi connectivity index (χ0) is 13.5. The molecule has 0 radical (unpaired) electrons. The highest BCUT2D eigenvalue weighted by Gasteiger charge is 2.10. The summed E-state index contributed by atoms with van der Waals surface area (Å²) in [4.78, 5) is 21.9. The molecule has 18 heavy (non-hydrogen) atoms. The first-order valence-electron chi connectivity index (χ1n) is 5.54. The Morgan fingerprint density at radius 1 is 1.28 bits per heavy atom. The molecule has 0 aliphatic carbocycles. The number of carbonyl (C=O) groups is 2. The van der Waals surface area contributed by atoms with Gasteiger partial charge in [0.05, 0.1) is 6.54 Å². The third kappa shape index (κ3) is 4.73. The highest BCUT2D eigenvalue weighted by Crippen LogP contribution is 2.21. The van der Waals surface area contributed by atoms with Gasteiger partial charge in [-0.05, 0) is 18.6 Å². The molecule has 6 heteroatoms. The average Bonchev–Trinajstić information content (AvgIpc) is 2.34. The second-order valence-electron chi connectivity index (χ2n) is 3.85. The molecule has 5 nitrogen and oxygen atoms in total. The van der Waals surface area contributed by atoms with Gasteiger partial charge in [-0.1, -0.05) is 29.8 Å². The topological polar surface area (TPSA) is 70.2 Å². The first-order valence-corrected chi connectivity index (χ1v) is 5.91. The maximum atomic E-state index is 11.3. The van der Waals surface area contributed by atoms with Crippen molar-refractivity contribution in [3.63, 3.8) is 0 Å². The van der Waals surface area contributed by atoms with Crippen LogP contribution in [0.2, 0.25) is 5.02 Å². The Morgan fingerprint density at radius 3 is 2.56 bits per heavy atom. The van der Waals surface area contributed by atoms with Crippen LogP contribution in [0.5, 0.6) is 0 Å². The molecule has 1 rings (SSSR count). The lowest BCUT2D eigenvalue weighted by molar-refractivity contribution is -0.127. The lowest BCUT2D eigenvalue weighted by atomic mass is 10.1. The van der Waals surface area contributed by atoms with Crippen LogP contribution in [0.25, 0.3) is 0 Å². The molecule has 2 amide bonds. The van der Waals surface area contributed by atoms with Gasteiger partial charge in [0.25, 0.3) is 5.91 Å². The van der Waals surface area contributed by atoms with Gasteiger partial charge in [0, 0.05) is 18.0 Å². The van der Waals surface area contributed by atoms with E-state index in [2.05, 4.69) is 16.2 Å². The standard InChI is InChI=1S/C12H16ClN3O2/c1-8(10-5-3-4-6-11(10)13)14-7-12(18)16-15-9(2)17/h3-6,8,14H,7H2,1-2H3,(H,15,17)(H,16,18)/t8-/m1/s1. The predicted octanol–water partition coefficient (Wildman–Crippen LogP) is 1.16. The lowest BCUT2D eigenvalue weighted by Crippen LogP contribution is -2.44. The van der Waals surface area contributed by atoms with Crippen molar-refractivity contribution in [2.24, 2.45) is 0 Å². The maximum Gasteiger partial charge on any atom is 0.252 e. The van der Waals surface area contributed by atoms with E-state index in [1.807, 2.05) is 25.1 Å². The number of hydrogen-bond acceptors (Lipinski definition) is 3. The molecule has 1 aromatic carbocycles. The number of halogens is 1. The van der Waals surface area contributed by atoms with E-state index in [1.165, 1.54) is 6.92 Å². The highest BCUT2D eigenvalue weighted by atomic mass is 35.5. The van der Waals surface area contributed by atoms with Crippen molar-refractivity contribution in [3.05, 3.63) is 34.9 Å². The van der Waals surface area contributed by atoms with Crippen LogP contribution in [0.1, 0.15) is 25.5 Å². The van der Waals surface area contributed by atoms with E-state index in [9.17, 15) is 9.59 Å². The Morgan fingerprint density at radius 2 is 1.94 bits per heavy atom. The van der Waals surface area contributed by atoms with Gasteiger partial charge in [-0.2, -0.15) is 0 Å². The van der Waals surface area contributed by atoms with E-state index in [0.29, 0.717) is 5.02 Å². The molecule has 0 heterocycles. The minimum absolute atomic E-state index is 0.0539. The Hall–Kier alpha value is -1.59. The number of carbonyl (C=O) groups excluding carboxylic acids is 2. The summed E-state index contributed by atoms with van der Waals surface area (Å²) in [7, 11) is 0. The second-order valence-corrected chi connectivity index (χ2v) is 4.26. The van der Waals surface area contributed by atoms with Gasteiger partial charge in [0.15, 0.2) is 0 Å². The van der Waals surface area contributed by atoms with Crippen molar-refractivity contribution < 1.29 is 9.59 Å². The Balaban J connectivity index is 2.42. The molecule has 1 atom stereocenters. The molecule has 0 aromatic heterocycles. The van der Waals surface area contributed by atoms with Crippen molar-refractivity contribution in [3.8, 4) is 0 Å². The molecule has 3 N–H and O–H groups in total. The van der Waals surface area contributed by atoms with Crippen LogP contribution in [0.3, 0.4) is 0 Å². The van der Waals surface area contributed by atoms with E-state index in [4.69, 9.17) is 11.6 Å². The van der Waals surface area contributed by atoms with Crippen molar-refractivity contribution in [1.29, 1.82) is 0 Å². The molecular formula is C12H16ClN3O2. The smallest absolute Gasteiger partial charge is 0.252 e. The summed E-state index contributed by atoms with van der Waals surface area (Å²) < 4.78 is 0. The largest absolute Gasteiger partial charge is 0.302 e. The lowest BCUT2D eigenvalue weighted by Gasteiger charge is -2.15. The molecule has 98 valence electrons. The van der Waals surface area contributed by atoms with Crippen molar-refractivity contribution in [2.75, 3.05) is 6.54 Å². The summed E-state index contributed by atoms with van der Waals surface area (Å²) in [6, 6.07) is 7.37. The first kappa shape index (κ1) is 14.5. The molecule has 0 fully saturated rings. The summed E-state index contributed by atoms with van der Waals surface area (Å²) in [6.45, 7) is 3.32. The van der Waals surface area contributed by atoms with Crippen molar-refractivity contribution in [2.45, 2.75) is 19.9 Å². The van der Waals surface area contributed by atoms with Crippen LogP contribution in [0.15, 0.2) is 24.3 Å². The minimum Gasteiger partial charge on any atom is -0.302 e. The summed E-state index contributed by atoms with van der Waals surface area (Å²) >= 11 is 6.04. The molecule has 1 aromatic rings. The molecule has 0 spiro atoms. The quantitative estimate of drug-likeness (QED) is 0.719. The van der Waals surface area contributed by atoms with Gasteiger partial charge in [0.1, 0.15) is 0 Å². The van der Waals surface area contributed by atoms with E-state index < -0.39 is 0 Å². The number of hydrazine groups is 1. The van der Waals surface area contributed by atoms with Crippen LogP contribution in [-0.4, -0.2) is 18.4 Å². The number of nitrogens with one attached hydrogen (secondary N) is 3. The zero-order valence-corrected chi connectivity index (χ0v) is 11.0. The number of rotatable bonds is 4. The number of hydrogen-bond donors (Lipinski definition) is 3. The predicted molar refractivity (Wildman–Crippen MR) is 69.8 cm³/mol. The van der Waals surface area contributed by atoms with Crippen LogP contribution < -0.4 is 16.2 Å². The maximum absolute atomic E-state index is 11.3. The minimum atomic E-state index is -0.317. The Kier molecular flexibility index (Phi) is 5.61. The van der Waals surface area contributed by atoms with Crippen LogP contribution in [0, 0.1) is 0 Å².